The van der Waals surface area contributed by atoms with E-state index in [2.05, 4.69) is 21.1 Å². The van der Waals surface area contributed by atoms with Gasteiger partial charge in [0, 0.05) is 56.7 Å². The van der Waals surface area contributed by atoms with Crippen molar-refractivity contribution in [2.75, 3.05) is 14.2 Å². The number of ether oxygens (including phenoxy) is 6. The number of carbonyl (C=O) groups is 5. The molecule has 0 aliphatic carbocycles. The number of para-hydroxylation sites is 1. The maximum absolute atomic E-state index is 13.8. The van der Waals surface area contributed by atoms with Crippen molar-refractivity contribution in [3.8, 4) is 23.1 Å². The van der Waals surface area contributed by atoms with Crippen LogP contribution in [0.4, 0.5) is 4.79 Å². The SMILES string of the molecule is COC(=O)[C@H]1O[C@@H](Oc2ccccc2CN(C)C(=O)n2ccc3c(-c4cnn([C@@H](C)CC#N)c4)ncnc32)[C@H](OC(C)=O)[C@@H](OC(C)=O)[C@@H]1OC(C)=O. The Morgan fingerprint density at radius 3 is 2.34 bits per heavy atom. The summed E-state index contributed by atoms with van der Waals surface area (Å²) in [6.07, 6.45) is -1.22. The zero-order valence-corrected chi connectivity index (χ0v) is 29.7. The predicted molar refractivity (Wildman–Crippen MR) is 180 cm³/mol. The van der Waals surface area contributed by atoms with E-state index in [0.29, 0.717) is 27.9 Å². The number of hydrogen-bond donors (Lipinski definition) is 0. The largest absolute Gasteiger partial charge is 0.467 e. The van der Waals surface area contributed by atoms with E-state index in [-0.39, 0.29) is 24.8 Å². The third-order valence-corrected chi connectivity index (χ3v) is 8.19. The van der Waals surface area contributed by atoms with Crippen LogP contribution < -0.4 is 4.74 Å². The summed E-state index contributed by atoms with van der Waals surface area (Å²) in [7, 11) is 2.65. The lowest BCUT2D eigenvalue weighted by atomic mass is 9.97. The fourth-order valence-corrected chi connectivity index (χ4v) is 5.82. The zero-order valence-electron chi connectivity index (χ0n) is 29.7. The fourth-order valence-electron chi connectivity index (χ4n) is 5.82. The molecule has 1 aliphatic rings. The quantitative estimate of drug-likeness (QED) is 0.160. The van der Waals surface area contributed by atoms with Gasteiger partial charge < -0.3 is 33.3 Å². The van der Waals surface area contributed by atoms with Crippen LogP contribution in [0, 0.1) is 11.3 Å². The molecule has 5 rings (SSSR count). The van der Waals surface area contributed by atoms with Gasteiger partial charge in [-0.25, -0.2) is 19.6 Å². The summed E-state index contributed by atoms with van der Waals surface area (Å²) < 4.78 is 36.2. The summed E-state index contributed by atoms with van der Waals surface area (Å²) in [5.41, 5.74) is 2.07. The Bertz CT molecular complexity index is 2050. The van der Waals surface area contributed by atoms with Crippen molar-refractivity contribution < 1.29 is 52.4 Å². The normalized spacial score (nSPS) is 20.1. The molecule has 0 spiro atoms. The first-order valence-corrected chi connectivity index (χ1v) is 16.3. The minimum Gasteiger partial charge on any atom is -0.467 e. The topological polar surface area (TPSA) is 216 Å². The van der Waals surface area contributed by atoms with Crippen LogP contribution in [0.1, 0.15) is 45.7 Å². The minimum atomic E-state index is -1.65. The maximum Gasteiger partial charge on any atom is 0.339 e. The van der Waals surface area contributed by atoms with Gasteiger partial charge in [0.15, 0.2) is 24.0 Å². The number of aromatic nitrogens is 5. The van der Waals surface area contributed by atoms with Gasteiger partial charge >= 0.3 is 29.9 Å². The molecule has 6 atom stereocenters. The highest BCUT2D eigenvalue weighted by Gasteiger charge is 2.56. The van der Waals surface area contributed by atoms with E-state index in [1.807, 2.05) is 6.92 Å². The van der Waals surface area contributed by atoms with Crippen LogP contribution in [0.3, 0.4) is 0 Å². The molecule has 18 heteroatoms. The summed E-state index contributed by atoms with van der Waals surface area (Å²) in [4.78, 5) is 73.3. The van der Waals surface area contributed by atoms with Gasteiger partial charge in [0.1, 0.15) is 12.1 Å². The lowest BCUT2D eigenvalue weighted by Gasteiger charge is -2.43. The van der Waals surface area contributed by atoms with E-state index in [1.165, 1.54) is 15.8 Å². The summed E-state index contributed by atoms with van der Waals surface area (Å²) in [6.45, 7) is 5.14. The molecule has 0 radical (unpaired) electrons. The molecule has 4 heterocycles. The Hall–Kier alpha value is -6.35. The van der Waals surface area contributed by atoms with Crippen molar-refractivity contribution in [2.24, 2.45) is 0 Å². The Balaban J connectivity index is 1.42. The molecule has 0 unspecified atom stereocenters. The van der Waals surface area contributed by atoms with E-state index in [0.717, 1.165) is 27.9 Å². The lowest BCUT2D eigenvalue weighted by molar-refractivity contribution is -0.282. The molecular formula is C35H37N7O11. The van der Waals surface area contributed by atoms with E-state index >= 15 is 0 Å². The molecule has 1 amide bonds. The first-order valence-electron chi connectivity index (χ1n) is 16.3. The minimum absolute atomic E-state index is 0.00893. The van der Waals surface area contributed by atoms with Crippen LogP contribution in [0.2, 0.25) is 0 Å². The van der Waals surface area contributed by atoms with Crippen LogP contribution in [-0.4, -0.2) is 104 Å². The number of hydrogen-bond acceptors (Lipinski definition) is 15. The molecule has 1 aromatic carbocycles. The molecule has 4 aromatic rings. The van der Waals surface area contributed by atoms with Gasteiger partial charge in [-0.15, -0.1) is 0 Å². The molecule has 0 N–H and O–H groups in total. The number of benzene rings is 1. The average molecular weight is 732 g/mol. The fraction of sp³-hybridized carbons (Fsp3) is 0.400. The molecule has 0 bridgehead atoms. The smallest absolute Gasteiger partial charge is 0.339 e. The Kier molecular flexibility index (Phi) is 11.7. The molecule has 3 aromatic heterocycles. The van der Waals surface area contributed by atoms with Gasteiger partial charge in [0.25, 0.3) is 0 Å². The molecule has 0 saturated carbocycles. The number of nitrogens with zero attached hydrogens (tertiary/aromatic N) is 7. The Labute approximate surface area is 303 Å². The standard InChI is InChI=1S/C35H37N7O11/c1-19(11-13-36)42-17-24(15-39-42)27-25-12-14-41(32(25)38-18-37-27)35(47)40(5)16-23-9-7-8-10-26(23)52-34-31(51-22(4)45)29(50-21(3)44)28(49-20(2)43)30(53-34)33(46)48-6/h7-10,12,14-15,17-19,28-31,34H,11,16H2,1-6H3/t19-,28-,29-,30-,31+,34+/m0/s1. The summed E-state index contributed by atoms with van der Waals surface area (Å²) in [5, 5.41) is 14.0. The van der Waals surface area contributed by atoms with Crippen molar-refractivity contribution in [1.29, 1.82) is 5.26 Å². The van der Waals surface area contributed by atoms with Crippen molar-refractivity contribution in [3.05, 3.63) is 60.8 Å². The van der Waals surface area contributed by atoms with Crippen LogP contribution in [0.25, 0.3) is 22.3 Å². The molecule has 1 saturated heterocycles. The van der Waals surface area contributed by atoms with Crippen LogP contribution in [-0.2, 0) is 49.4 Å². The number of rotatable bonds is 11. The third kappa shape index (κ3) is 8.42. The van der Waals surface area contributed by atoms with Gasteiger partial charge in [-0.05, 0) is 19.1 Å². The maximum atomic E-state index is 13.8. The van der Waals surface area contributed by atoms with Gasteiger partial charge in [0.2, 0.25) is 12.4 Å². The van der Waals surface area contributed by atoms with Crippen molar-refractivity contribution in [1.82, 2.24) is 29.2 Å². The molecular weight excluding hydrogens is 694 g/mol. The second-order valence-corrected chi connectivity index (χ2v) is 12.1. The Morgan fingerprint density at radius 2 is 1.66 bits per heavy atom. The van der Waals surface area contributed by atoms with E-state index in [4.69, 9.17) is 33.7 Å². The number of nitriles is 1. The molecule has 18 nitrogen and oxygen atoms in total. The second-order valence-electron chi connectivity index (χ2n) is 12.1. The average Bonchev–Trinajstić information content (AvgIpc) is 3.79. The molecule has 278 valence electrons. The highest BCUT2D eigenvalue weighted by atomic mass is 16.7. The number of amides is 1. The summed E-state index contributed by atoms with van der Waals surface area (Å²) in [5.74, 6) is -3.29. The van der Waals surface area contributed by atoms with Crippen molar-refractivity contribution in [3.63, 3.8) is 0 Å². The lowest BCUT2D eigenvalue weighted by Crippen LogP contribution is -2.64. The van der Waals surface area contributed by atoms with Gasteiger partial charge in [-0.3, -0.25) is 23.6 Å². The first-order chi connectivity index (χ1) is 25.3. The van der Waals surface area contributed by atoms with Crippen LogP contribution in [0.15, 0.2) is 55.2 Å². The van der Waals surface area contributed by atoms with Gasteiger partial charge in [-0.2, -0.15) is 10.4 Å². The van der Waals surface area contributed by atoms with Gasteiger partial charge in [0.05, 0.1) is 44.1 Å². The third-order valence-electron chi connectivity index (χ3n) is 8.19. The van der Waals surface area contributed by atoms with Gasteiger partial charge in [-0.1, -0.05) is 18.2 Å². The zero-order chi connectivity index (χ0) is 38.4. The predicted octanol–water partition coefficient (Wildman–Crippen LogP) is 2.94. The molecule has 1 fully saturated rings. The van der Waals surface area contributed by atoms with E-state index < -0.39 is 60.6 Å². The number of carbonyl (C=O) groups excluding carboxylic acids is 5. The second kappa shape index (κ2) is 16.3. The van der Waals surface area contributed by atoms with Crippen molar-refractivity contribution >= 4 is 40.9 Å². The Morgan fingerprint density at radius 1 is 0.981 bits per heavy atom. The van der Waals surface area contributed by atoms with E-state index in [9.17, 15) is 24.0 Å². The summed E-state index contributed by atoms with van der Waals surface area (Å²) in [6, 6.07) is 9.87. The monoisotopic (exact) mass is 731 g/mol. The number of methoxy groups -OCH3 is 1. The summed E-state index contributed by atoms with van der Waals surface area (Å²) >= 11 is 0. The van der Waals surface area contributed by atoms with Crippen LogP contribution in [0.5, 0.6) is 5.75 Å². The van der Waals surface area contributed by atoms with Crippen LogP contribution >= 0.6 is 0 Å². The highest BCUT2D eigenvalue weighted by molar-refractivity contribution is 5.96. The number of esters is 4. The van der Waals surface area contributed by atoms with Crippen molar-refractivity contribution in [2.45, 2.75) is 77.4 Å². The molecule has 53 heavy (non-hydrogen) atoms. The van der Waals surface area contributed by atoms with E-state index in [1.54, 1.807) is 60.7 Å². The number of fused-ring (bicyclic) bond motifs is 1. The highest BCUT2D eigenvalue weighted by Crippen LogP contribution is 2.33. The molecule has 1 aliphatic heterocycles. The first kappa shape index (κ1) is 37.9.